The molecule has 0 saturated carbocycles. The molecule has 0 aliphatic carbocycles. The summed E-state index contributed by atoms with van der Waals surface area (Å²) < 4.78 is 26.2. The first kappa shape index (κ1) is 22.2. The van der Waals surface area contributed by atoms with Crippen molar-refractivity contribution in [3.8, 4) is 0 Å². The van der Waals surface area contributed by atoms with Gasteiger partial charge < -0.3 is 9.59 Å². The summed E-state index contributed by atoms with van der Waals surface area (Å²) in [4.78, 5) is 0. The van der Waals surface area contributed by atoms with Crippen LogP contribution < -0.4 is 4.72 Å². The molecule has 2 rings (SSSR count). The maximum Gasteiger partial charge on any atom is 0.229 e. The van der Waals surface area contributed by atoms with Crippen LogP contribution in [0.4, 0.5) is 5.69 Å². The van der Waals surface area contributed by atoms with Gasteiger partial charge in [0.1, 0.15) is 0 Å². The van der Waals surface area contributed by atoms with Crippen LogP contribution in [-0.2, 0) is 10.0 Å². The van der Waals surface area contributed by atoms with Crippen molar-refractivity contribution in [2.75, 3.05) is 37.2 Å². The van der Waals surface area contributed by atoms with Gasteiger partial charge in [0, 0.05) is 5.69 Å². The highest BCUT2D eigenvalue weighted by Crippen LogP contribution is 2.24. The number of nitrogens with one attached hydrogen (secondary N) is 1. The Balaban J connectivity index is 1.88. The van der Waals surface area contributed by atoms with Crippen molar-refractivity contribution in [3.05, 3.63) is 29.8 Å². The highest BCUT2D eigenvalue weighted by Gasteiger charge is 2.27. The Morgan fingerprint density at radius 1 is 1.04 bits per heavy atom. The molecule has 1 aromatic rings. The monoisotopic (exact) mass is 397 g/mol. The van der Waals surface area contributed by atoms with Crippen LogP contribution >= 0.6 is 0 Å². The minimum atomic E-state index is -3.27. The molecule has 0 spiro atoms. The number of nitrogens with zero attached hydrogens (tertiary/aromatic N) is 1. The molecule has 1 fully saturated rings. The van der Waals surface area contributed by atoms with E-state index in [0.717, 1.165) is 31.2 Å². The molecular formula is C21H37N2O3S+. The lowest BCUT2D eigenvalue weighted by Gasteiger charge is -2.38. The van der Waals surface area contributed by atoms with Crippen LogP contribution in [0, 0.1) is 0 Å². The number of hydrogen-bond acceptors (Lipinski definition) is 3. The van der Waals surface area contributed by atoms with Crippen molar-refractivity contribution in [1.82, 2.24) is 0 Å². The van der Waals surface area contributed by atoms with Crippen LogP contribution in [0.2, 0.25) is 0 Å². The van der Waals surface area contributed by atoms with Crippen LogP contribution in [0.25, 0.3) is 0 Å². The summed E-state index contributed by atoms with van der Waals surface area (Å²) in [6.45, 7) is 7.29. The predicted octanol–water partition coefficient (Wildman–Crippen LogP) is 4.06. The second-order valence-electron chi connectivity index (χ2n) is 8.16. The Hall–Kier alpha value is -1.11. The van der Waals surface area contributed by atoms with E-state index in [9.17, 15) is 13.5 Å². The second kappa shape index (κ2) is 10.4. The SMILES string of the molecule is CCCC[N+]1(CCCC(O)c2ccc(NS(C)(=O)=O)cc2)CCCCCC1. The average Bonchev–Trinajstić information content (AvgIpc) is 2.85. The first-order chi connectivity index (χ1) is 12.8. The number of aliphatic hydroxyl groups excluding tert-OH is 1. The third-order valence-corrected chi connectivity index (χ3v) is 6.32. The highest BCUT2D eigenvalue weighted by atomic mass is 32.2. The quantitative estimate of drug-likeness (QED) is 0.585. The summed E-state index contributed by atoms with van der Waals surface area (Å²) in [5.41, 5.74) is 1.38. The Labute approximate surface area is 165 Å². The Kier molecular flexibility index (Phi) is 8.58. The van der Waals surface area contributed by atoms with Crippen molar-refractivity contribution in [3.63, 3.8) is 0 Å². The zero-order valence-electron chi connectivity index (χ0n) is 17.0. The molecule has 1 aromatic carbocycles. The Morgan fingerprint density at radius 2 is 1.63 bits per heavy atom. The van der Waals surface area contributed by atoms with Gasteiger partial charge in [0.25, 0.3) is 0 Å². The van der Waals surface area contributed by atoms with Crippen LogP contribution in [0.5, 0.6) is 0 Å². The summed E-state index contributed by atoms with van der Waals surface area (Å²) in [6, 6.07) is 7.05. The molecule has 0 radical (unpaired) electrons. The maximum atomic E-state index is 11.3. The van der Waals surface area contributed by atoms with Gasteiger partial charge in [-0.25, -0.2) is 8.42 Å². The van der Waals surface area contributed by atoms with Crippen molar-refractivity contribution in [2.45, 2.75) is 64.4 Å². The van der Waals surface area contributed by atoms with E-state index in [2.05, 4.69) is 11.6 Å². The lowest BCUT2D eigenvalue weighted by molar-refractivity contribution is -0.928. The zero-order chi connectivity index (χ0) is 19.8. The molecule has 1 atom stereocenters. The molecule has 0 aromatic heterocycles. The van der Waals surface area contributed by atoms with E-state index >= 15 is 0 Å². The molecule has 2 N–H and O–H groups in total. The summed E-state index contributed by atoms with van der Waals surface area (Å²) in [5, 5.41) is 10.5. The van der Waals surface area contributed by atoms with Crippen LogP contribution in [0.3, 0.4) is 0 Å². The molecule has 0 bridgehead atoms. The molecule has 1 heterocycles. The van der Waals surface area contributed by atoms with Gasteiger partial charge in [-0.2, -0.15) is 0 Å². The van der Waals surface area contributed by atoms with E-state index in [1.807, 2.05) is 12.1 Å². The average molecular weight is 398 g/mol. The minimum Gasteiger partial charge on any atom is -0.388 e. The third-order valence-electron chi connectivity index (χ3n) is 5.71. The Morgan fingerprint density at radius 3 is 2.19 bits per heavy atom. The molecule has 1 unspecified atom stereocenters. The van der Waals surface area contributed by atoms with Crippen molar-refractivity contribution < 1.29 is 18.0 Å². The number of unbranched alkanes of at least 4 members (excludes halogenated alkanes) is 1. The van der Waals surface area contributed by atoms with E-state index < -0.39 is 16.1 Å². The standard InChI is InChI=1S/C21H37N2O3S/c1-3-4-15-23(16-7-5-6-8-17-23)18-9-10-21(24)19-11-13-20(14-12-19)22-27(2,25)26/h11-14,21-22,24H,3-10,15-18H2,1-2H3/q+1. The number of quaternary nitrogens is 1. The molecule has 1 aliphatic heterocycles. The maximum absolute atomic E-state index is 11.3. The topological polar surface area (TPSA) is 66.4 Å². The predicted molar refractivity (Wildman–Crippen MR) is 112 cm³/mol. The summed E-state index contributed by atoms with van der Waals surface area (Å²) >= 11 is 0. The lowest BCUT2D eigenvalue weighted by atomic mass is 10.0. The van der Waals surface area contributed by atoms with E-state index in [0.29, 0.717) is 5.69 Å². The summed E-state index contributed by atoms with van der Waals surface area (Å²) in [6.07, 6.45) is 10.4. The third kappa shape index (κ3) is 7.80. The smallest absolute Gasteiger partial charge is 0.229 e. The Bertz CT molecular complexity index is 651. The molecule has 0 amide bonds. The molecule has 5 nitrogen and oxygen atoms in total. The fourth-order valence-electron chi connectivity index (χ4n) is 4.19. The molecule has 1 aliphatic rings. The number of hydrogen-bond donors (Lipinski definition) is 2. The van der Waals surface area contributed by atoms with Crippen molar-refractivity contribution in [2.24, 2.45) is 0 Å². The molecule has 6 heteroatoms. The number of likely N-dealkylation sites (tertiary alicyclic amines) is 1. The number of benzene rings is 1. The van der Waals surface area contributed by atoms with Gasteiger partial charge in [0.2, 0.25) is 10.0 Å². The van der Waals surface area contributed by atoms with Crippen molar-refractivity contribution >= 4 is 15.7 Å². The summed E-state index contributed by atoms with van der Waals surface area (Å²) in [5.74, 6) is 0. The number of sulfonamides is 1. The van der Waals surface area contributed by atoms with Gasteiger partial charge in [0.05, 0.1) is 38.5 Å². The largest absolute Gasteiger partial charge is 0.388 e. The molecule has 154 valence electrons. The first-order valence-electron chi connectivity index (χ1n) is 10.4. The zero-order valence-corrected chi connectivity index (χ0v) is 17.8. The summed E-state index contributed by atoms with van der Waals surface area (Å²) in [7, 11) is -3.27. The van der Waals surface area contributed by atoms with E-state index in [1.165, 1.54) is 62.6 Å². The van der Waals surface area contributed by atoms with Gasteiger partial charge in [-0.1, -0.05) is 25.5 Å². The van der Waals surface area contributed by atoms with Gasteiger partial charge in [-0.15, -0.1) is 0 Å². The highest BCUT2D eigenvalue weighted by molar-refractivity contribution is 7.92. The molecule has 27 heavy (non-hydrogen) atoms. The normalized spacial score (nSPS) is 18.6. The second-order valence-corrected chi connectivity index (χ2v) is 9.91. The number of anilines is 1. The van der Waals surface area contributed by atoms with E-state index in [4.69, 9.17) is 0 Å². The minimum absolute atomic E-state index is 0.490. The van der Waals surface area contributed by atoms with Crippen LogP contribution in [0.15, 0.2) is 24.3 Å². The molecular weight excluding hydrogens is 360 g/mol. The van der Waals surface area contributed by atoms with Gasteiger partial charge in [0.15, 0.2) is 0 Å². The molecule has 1 saturated heterocycles. The van der Waals surface area contributed by atoms with Gasteiger partial charge in [-0.05, 0) is 62.6 Å². The number of rotatable bonds is 10. The van der Waals surface area contributed by atoms with Crippen molar-refractivity contribution in [1.29, 1.82) is 0 Å². The van der Waals surface area contributed by atoms with E-state index in [-0.39, 0.29) is 0 Å². The first-order valence-corrected chi connectivity index (χ1v) is 12.3. The van der Waals surface area contributed by atoms with Crippen LogP contribution in [-0.4, -0.2) is 50.4 Å². The van der Waals surface area contributed by atoms with Gasteiger partial charge in [-0.3, -0.25) is 4.72 Å². The lowest BCUT2D eigenvalue weighted by Crippen LogP contribution is -2.50. The van der Waals surface area contributed by atoms with E-state index in [1.54, 1.807) is 12.1 Å². The fourth-order valence-corrected chi connectivity index (χ4v) is 4.75. The van der Waals surface area contributed by atoms with Crippen LogP contribution in [0.1, 0.15) is 70.0 Å². The number of aliphatic hydroxyl groups is 1. The fraction of sp³-hybridized carbons (Fsp3) is 0.714. The van der Waals surface area contributed by atoms with Gasteiger partial charge >= 0.3 is 0 Å².